The second-order valence-electron chi connectivity index (χ2n) is 6.82. The molecule has 0 aliphatic rings. The first-order valence-corrected chi connectivity index (χ1v) is 9.93. The molecule has 0 atom stereocenters. The van der Waals surface area contributed by atoms with E-state index in [9.17, 15) is 14.0 Å². The van der Waals surface area contributed by atoms with Crippen LogP contribution < -0.4 is 4.90 Å². The number of anilines is 1. The molecule has 2 aromatic heterocycles. The summed E-state index contributed by atoms with van der Waals surface area (Å²) >= 11 is 5.76. The van der Waals surface area contributed by atoms with E-state index in [4.69, 9.17) is 11.6 Å². The Hall–Kier alpha value is -3.12. The van der Waals surface area contributed by atoms with Gasteiger partial charge in [-0.3, -0.25) is 14.6 Å². The molecule has 3 aromatic rings. The molecule has 0 N–H and O–H groups in total. The van der Waals surface area contributed by atoms with Gasteiger partial charge in [-0.05, 0) is 42.3 Å². The number of pyridine rings is 2. The van der Waals surface area contributed by atoms with Crippen LogP contribution in [0.3, 0.4) is 0 Å². The van der Waals surface area contributed by atoms with Gasteiger partial charge < -0.3 is 4.90 Å². The molecular weight excluding hydrogens is 405 g/mol. The minimum atomic E-state index is -0.504. The van der Waals surface area contributed by atoms with Crippen molar-refractivity contribution in [3.63, 3.8) is 0 Å². The van der Waals surface area contributed by atoms with Crippen molar-refractivity contribution in [1.29, 1.82) is 0 Å². The SMILES string of the molecule is CCC(=O)N(C)c1ccc(-c2ccc(C(=O)CCc3ccc(Cl)nc3)cn2)cc1F. The van der Waals surface area contributed by atoms with E-state index < -0.39 is 5.82 Å². The van der Waals surface area contributed by atoms with Gasteiger partial charge in [0.05, 0.1) is 11.4 Å². The summed E-state index contributed by atoms with van der Waals surface area (Å²) in [5, 5.41) is 0.415. The van der Waals surface area contributed by atoms with Gasteiger partial charge in [-0.2, -0.15) is 0 Å². The zero-order valence-corrected chi connectivity index (χ0v) is 17.5. The number of ketones is 1. The summed E-state index contributed by atoms with van der Waals surface area (Å²) < 4.78 is 14.5. The van der Waals surface area contributed by atoms with Crippen molar-refractivity contribution in [3.05, 3.63) is 77.0 Å². The maximum atomic E-state index is 14.5. The van der Waals surface area contributed by atoms with E-state index in [-0.39, 0.29) is 17.4 Å². The maximum Gasteiger partial charge on any atom is 0.226 e. The van der Waals surface area contributed by atoms with Crippen molar-refractivity contribution in [3.8, 4) is 11.3 Å². The Morgan fingerprint density at radius 3 is 2.47 bits per heavy atom. The topological polar surface area (TPSA) is 63.2 Å². The van der Waals surface area contributed by atoms with Crippen LogP contribution in [0.5, 0.6) is 0 Å². The summed E-state index contributed by atoms with van der Waals surface area (Å²) in [5.74, 6) is -0.711. The van der Waals surface area contributed by atoms with Crippen molar-refractivity contribution in [1.82, 2.24) is 9.97 Å². The second-order valence-corrected chi connectivity index (χ2v) is 7.20. The fraction of sp³-hybridized carbons (Fsp3) is 0.217. The highest BCUT2D eigenvalue weighted by molar-refractivity contribution is 6.29. The fourth-order valence-corrected chi connectivity index (χ4v) is 3.11. The third-order valence-electron chi connectivity index (χ3n) is 4.80. The third-order valence-corrected chi connectivity index (χ3v) is 5.02. The zero-order chi connectivity index (χ0) is 21.7. The van der Waals surface area contributed by atoms with Gasteiger partial charge in [0, 0.05) is 43.4 Å². The zero-order valence-electron chi connectivity index (χ0n) is 16.7. The molecule has 3 rings (SSSR count). The number of nitrogens with zero attached hydrogens (tertiary/aromatic N) is 3. The molecule has 2 heterocycles. The molecule has 0 fully saturated rings. The first-order chi connectivity index (χ1) is 14.4. The van der Waals surface area contributed by atoms with Gasteiger partial charge in [-0.15, -0.1) is 0 Å². The molecule has 0 unspecified atom stereocenters. The third kappa shape index (κ3) is 5.07. The Morgan fingerprint density at radius 2 is 1.87 bits per heavy atom. The molecule has 1 aromatic carbocycles. The molecule has 5 nitrogen and oxygen atoms in total. The molecule has 0 saturated carbocycles. The minimum Gasteiger partial charge on any atom is -0.313 e. The average Bonchev–Trinajstić information content (AvgIpc) is 2.77. The number of benzene rings is 1. The fourth-order valence-electron chi connectivity index (χ4n) is 3.00. The van der Waals surface area contributed by atoms with Gasteiger partial charge in [0.1, 0.15) is 11.0 Å². The molecule has 154 valence electrons. The highest BCUT2D eigenvalue weighted by Gasteiger charge is 2.15. The van der Waals surface area contributed by atoms with Crippen molar-refractivity contribution < 1.29 is 14.0 Å². The Kier molecular flexibility index (Phi) is 6.90. The Balaban J connectivity index is 1.69. The second kappa shape index (κ2) is 9.59. The average molecular weight is 426 g/mol. The van der Waals surface area contributed by atoms with E-state index in [1.165, 1.54) is 17.2 Å². The highest BCUT2D eigenvalue weighted by atomic mass is 35.5. The number of amides is 1. The lowest BCUT2D eigenvalue weighted by Gasteiger charge is -2.17. The van der Waals surface area contributed by atoms with Crippen LogP contribution in [0.4, 0.5) is 10.1 Å². The first kappa shape index (κ1) is 21.6. The smallest absolute Gasteiger partial charge is 0.226 e. The Morgan fingerprint density at radius 1 is 1.07 bits per heavy atom. The first-order valence-electron chi connectivity index (χ1n) is 9.55. The lowest BCUT2D eigenvalue weighted by molar-refractivity contribution is -0.118. The number of rotatable bonds is 7. The lowest BCUT2D eigenvalue weighted by atomic mass is 10.0. The van der Waals surface area contributed by atoms with Gasteiger partial charge in [-0.1, -0.05) is 30.7 Å². The van der Waals surface area contributed by atoms with Crippen molar-refractivity contribution >= 4 is 29.0 Å². The van der Waals surface area contributed by atoms with Crippen LogP contribution in [0.15, 0.2) is 54.9 Å². The maximum absolute atomic E-state index is 14.5. The number of aryl methyl sites for hydroxylation is 1. The summed E-state index contributed by atoms with van der Waals surface area (Å²) in [6.07, 6.45) is 4.33. The standard InChI is InChI=1S/C23H21ClFN3O2/c1-3-23(30)28(2)20-9-7-16(12-18(20)25)19-8-6-17(14-26-19)21(29)10-4-15-5-11-22(24)27-13-15/h5-9,11-14H,3-4,10H2,1-2H3. The predicted molar refractivity (Wildman–Crippen MR) is 115 cm³/mol. The quantitative estimate of drug-likeness (QED) is 0.389. The van der Waals surface area contributed by atoms with Gasteiger partial charge >= 0.3 is 0 Å². The molecule has 0 radical (unpaired) electrons. The van der Waals surface area contributed by atoms with Crippen LogP contribution >= 0.6 is 11.6 Å². The van der Waals surface area contributed by atoms with Gasteiger partial charge in [0.15, 0.2) is 5.78 Å². The number of carbonyl (C=O) groups is 2. The van der Waals surface area contributed by atoms with Gasteiger partial charge in [0.25, 0.3) is 0 Å². The van der Waals surface area contributed by atoms with E-state index in [0.29, 0.717) is 41.2 Å². The van der Waals surface area contributed by atoms with E-state index in [1.54, 1.807) is 50.5 Å². The van der Waals surface area contributed by atoms with E-state index >= 15 is 0 Å². The summed E-state index contributed by atoms with van der Waals surface area (Å²) in [6, 6.07) is 11.5. The van der Waals surface area contributed by atoms with Crippen molar-refractivity contribution in [2.75, 3.05) is 11.9 Å². The van der Waals surface area contributed by atoms with E-state index in [2.05, 4.69) is 9.97 Å². The lowest BCUT2D eigenvalue weighted by Crippen LogP contribution is -2.25. The van der Waals surface area contributed by atoms with E-state index in [0.717, 1.165) is 5.56 Å². The van der Waals surface area contributed by atoms with E-state index in [1.807, 2.05) is 6.07 Å². The number of halogens is 2. The summed E-state index contributed by atoms with van der Waals surface area (Å²) in [5.41, 5.74) is 2.75. The summed E-state index contributed by atoms with van der Waals surface area (Å²) in [7, 11) is 1.54. The largest absolute Gasteiger partial charge is 0.313 e. The van der Waals surface area contributed by atoms with Gasteiger partial charge in [0.2, 0.25) is 5.91 Å². The Labute approximate surface area is 179 Å². The minimum absolute atomic E-state index is 0.0368. The number of hydrogen-bond donors (Lipinski definition) is 0. The molecule has 0 aliphatic carbocycles. The number of Topliss-reactive ketones (excluding diaryl/α,β-unsaturated/α-hetero) is 1. The van der Waals surface area contributed by atoms with Crippen LogP contribution in [0.25, 0.3) is 11.3 Å². The van der Waals surface area contributed by atoms with Crippen molar-refractivity contribution in [2.24, 2.45) is 0 Å². The van der Waals surface area contributed by atoms with Crippen LogP contribution in [-0.2, 0) is 11.2 Å². The molecular formula is C23H21ClFN3O2. The summed E-state index contributed by atoms with van der Waals surface area (Å²) in [4.78, 5) is 33.8. The number of hydrogen-bond acceptors (Lipinski definition) is 4. The highest BCUT2D eigenvalue weighted by Crippen LogP contribution is 2.25. The molecule has 7 heteroatoms. The van der Waals surface area contributed by atoms with Crippen LogP contribution in [-0.4, -0.2) is 28.7 Å². The normalized spacial score (nSPS) is 10.7. The number of aromatic nitrogens is 2. The van der Waals surface area contributed by atoms with Crippen molar-refractivity contribution in [2.45, 2.75) is 26.2 Å². The van der Waals surface area contributed by atoms with Crippen LogP contribution in [0.2, 0.25) is 5.15 Å². The predicted octanol–water partition coefficient (Wildman–Crippen LogP) is 5.12. The molecule has 30 heavy (non-hydrogen) atoms. The summed E-state index contributed by atoms with van der Waals surface area (Å²) in [6.45, 7) is 1.73. The molecule has 0 saturated heterocycles. The molecule has 0 spiro atoms. The van der Waals surface area contributed by atoms with Crippen LogP contribution in [0, 0.1) is 5.82 Å². The Bertz CT molecular complexity index is 1050. The number of carbonyl (C=O) groups excluding carboxylic acids is 2. The molecule has 0 bridgehead atoms. The molecule has 0 aliphatic heterocycles. The van der Waals surface area contributed by atoms with Gasteiger partial charge in [-0.25, -0.2) is 9.37 Å². The van der Waals surface area contributed by atoms with Crippen LogP contribution in [0.1, 0.15) is 35.7 Å². The molecule has 1 amide bonds. The monoisotopic (exact) mass is 425 g/mol.